The lowest BCUT2D eigenvalue weighted by Crippen LogP contribution is -2.29. The van der Waals surface area contributed by atoms with Crippen LogP contribution in [-0.2, 0) is 24.4 Å². The van der Waals surface area contributed by atoms with Crippen LogP contribution < -0.4 is 0 Å². The number of aromatic nitrogens is 2. The number of benzene rings is 3. The minimum Gasteiger partial charge on any atom is -0.480 e. The molecule has 0 saturated carbocycles. The molecule has 0 atom stereocenters. The van der Waals surface area contributed by atoms with Gasteiger partial charge in [0.15, 0.2) is 0 Å². The normalized spacial score (nSPS) is 11.3. The highest BCUT2D eigenvalue weighted by Crippen LogP contribution is 2.19. The second-order valence-corrected chi connectivity index (χ2v) is 10.3. The van der Waals surface area contributed by atoms with E-state index in [9.17, 15) is 14.7 Å². The average molecular weight is 556 g/mol. The number of hydrogen-bond acceptors (Lipinski definition) is 4. The minimum atomic E-state index is -0.862. The highest BCUT2D eigenvalue weighted by molar-refractivity contribution is 6.08. The van der Waals surface area contributed by atoms with E-state index in [0.29, 0.717) is 30.9 Å². The van der Waals surface area contributed by atoms with Gasteiger partial charge in [-0.25, -0.2) is 0 Å². The van der Waals surface area contributed by atoms with Crippen LogP contribution >= 0.6 is 0 Å². The highest BCUT2D eigenvalue weighted by atomic mass is 16.4. The van der Waals surface area contributed by atoms with Crippen molar-refractivity contribution in [3.63, 3.8) is 0 Å². The zero-order chi connectivity index (χ0) is 29.3. The van der Waals surface area contributed by atoms with E-state index in [0.717, 1.165) is 33.5 Å². The van der Waals surface area contributed by atoms with Crippen LogP contribution in [0.2, 0.25) is 0 Å². The molecule has 210 valence electrons. The van der Waals surface area contributed by atoms with E-state index in [1.807, 2.05) is 132 Å². The molecule has 0 aliphatic heterocycles. The van der Waals surface area contributed by atoms with E-state index in [4.69, 9.17) is 0 Å². The van der Waals surface area contributed by atoms with Gasteiger partial charge in [0.1, 0.15) is 0 Å². The SMILES string of the molecule is Cc1ccc(C(=O)c2cccn2C/C=C/c2cccc(CN(CC(=O)O)Cc3ccc(-c4ccccn4)cc3)c2)cc1. The molecule has 0 fully saturated rings. The Labute approximate surface area is 246 Å². The second kappa shape index (κ2) is 13.5. The van der Waals surface area contributed by atoms with Crippen molar-refractivity contribution in [2.24, 2.45) is 0 Å². The van der Waals surface area contributed by atoms with Crippen molar-refractivity contribution in [2.75, 3.05) is 6.54 Å². The third kappa shape index (κ3) is 7.56. The molecule has 6 heteroatoms. The summed E-state index contributed by atoms with van der Waals surface area (Å²) in [4.78, 5) is 31.0. The van der Waals surface area contributed by atoms with E-state index in [1.54, 1.807) is 6.20 Å². The van der Waals surface area contributed by atoms with Crippen LogP contribution in [0.4, 0.5) is 0 Å². The van der Waals surface area contributed by atoms with Crippen molar-refractivity contribution in [2.45, 2.75) is 26.6 Å². The molecule has 0 amide bonds. The summed E-state index contributed by atoms with van der Waals surface area (Å²) in [6.07, 6.45) is 7.74. The number of rotatable bonds is 12. The third-order valence-corrected chi connectivity index (χ3v) is 7.03. The first kappa shape index (κ1) is 28.5. The molecular weight excluding hydrogens is 522 g/mol. The summed E-state index contributed by atoms with van der Waals surface area (Å²) >= 11 is 0. The van der Waals surface area contributed by atoms with Crippen LogP contribution in [0.15, 0.2) is 122 Å². The standard InChI is InChI=1S/C36H33N3O3/c1-27-12-16-32(17-13-27)36(42)34-11-6-22-39(34)21-5-9-28-7-4-8-30(23-28)25-38(26-35(40)41)24-29-14-18-31(19-15-29)33-10-2-3-20-37-33/h2-20,22-23H,21,24-26H2,1H3,(H,40,41)/b9-5+. The number of carboxylic acid groups (broad SMARTS) is 1. The molecule has 0 unspecified atom stereocenters. The molecule has 2 heterocycles. The molecule has 42 heavy (non-hydrogen) atoms. The summed E-state index contributed by atoms with van der Waals surface area (Å²) < 4.78 is 1.94. The van der Waals surface area contributed by atoms with Crippen molar-refractivity contribution >= 4 is 17.8 Å². The van der Waals surface area contributed by atoms with Gasteiger partial charge in [-0.2, -0.15) is 0 Å². The van der Waals surface area contributed by atoms with Crippen LogP contribution in [0.3, 0.4) is 0 Å². The first-order valence-corrected chi connectivity index (χ1v) is 13.9. The van der Waals surface area contributed by atoms with Crippen molar-refractivity contribution in [1.82, 2.24) is 14.5 Å². The Morgan fingerprint density at radius 1 is 0.857 bits per heavy atom. The molecule has 0 spiro atoms. The minimum absolute atomic E-state index is 0.000270. The molecule has 0 aliphatic rings. The maximum absolute atomic E-state index is 13.0. The number of aryl methyl sites for hydroxylation is 1. The van der Waals surface area contributed by atoms with E-state index in [2.05, 4.69) is 11.1 Å². The van der Waals surface area contributed by atoms with Crippen LogP contribution in [0.1, 0.15) is 38.3 Å². The third-order valence-electron chi connectivity index (χ3n) is 7.03. The Kier molecular flexibility index (Phi) is 9.17. The summed E-state index contributed by atoms with van der Waals surface area (Å²) in [6.45, 7) is 3.52. The molecule has 2 aromatic heterocycles. The quantitative estimate of drug-likeness (QED) is 0.170. The number of ketones is 1. The van der Waals surface area contributed by atoms with Crippen LogP contribution in [0.5, 0.6) is 0 Å². The number of carbonyl (C=O) groups is 2. The number of aliphatic carboxylic acids is 1. The Hall–Kier alpha value is -5.07. The summed E-state index contributed by atoms with van der Waals surface area (Å²) in [7, 11) is 0. The monoisotopic (exact) mass is 555 g/mol. The zero-order valence-electron chi connectivity index (χ0n) is 23.6. The lowest BCUT2D eigenvalue weighted by atomic mass is 10.1. The average Bonchev–Trinajstić information content (AvgIpc) is 3.46. The largest absolute Gasteiger partial charge is 0.480 e. The van der Waals surface area contributed by atoms with E-state index in [1.165, 1.54) is 0 Å². The number of hydrogen-bond donors (Lipinski definition) is 1. The number of allylic oxidation sites excluding steroid dienone is 1. The first-order chi connectivity index (χ1) is 20.4. The van der Waals surface area contributed by atoms with Crippen LogP contribution in [-0.4, -0.2) is 37.9 Å². The van der Waals surface area contributed by atoms with Gasteiger partial charge in [-0.3, -0.25) is 19.5 Å². The van der Waals surface area contributed by atoms with E-state index < -0.39 is 5.97 Å². The number of carboxylic acids is 1. The molecule has 0 radical (unpaired) electrons. The van der Waals surface area contributed by atoms with Crippen molar-refractivity contribution in [1.29, 1.82) is 0 Å². The molecule has 0 bridgehead atoms. The maximum atomic E-state index is 13.0. The smallest absolute Gasteiger partial charge is 0.317 e. The first-order valence-electron chi connectivity index (χ1n) is 13.9. The Balaban J connectivity index is 1.23. The van der Waals surface area contributed by atoms with Gasteiger partial charge < -0.3 is 9.67 Å². The number of nitrogens with zero attached hydrogens (tertiary/aromatic N) is 3. The molecule has 3 aromatic carbocycles. The topological polar surface area (TPSA) is 75.4 Å². The van der Waals surface area contributed by atoms with Gasteiger partial charge in [0.25, 0.3) is 0 Å². The van der Waals surface area contributed by atoms with Gasteiger partial charge in [-0.05, 0) is 47.9 Å². The number of pyridine rings is 1. The fraction of sp³-hybridized carbons (Fsp3) is 0.139. The number of carbonyl (C=O) groups excluding carboxylic acids is 1. The summed E-state index contributed by atoms with van der Waals surface area (Å²) in [6, 6.07) is 33.4. The summed E-state index contributed by atoms with van der Waals surface area (Å²) in [5, 5.41) is 9.55. The molecular formula is C36H33N3O3. The van der Waals surface area contributed by atoms with Crippen LogP contribution in [0, 0.1) is 6.92 Å². The van der Waals surface area contributed by atoms with Gasteiger partial charge in [0.05, 0.1) is 17.9 Å². The Bertz CT molecular complexity index is 1670. The Morgan fingerprint density at radius 2 is 1.64 bits per heavy atom. The van der Waals surface area contributed by atoms with Gasteiger partial charge in [0, 0.05) is 43.2 Å². The predicted octanol–water partition coefficient (Wildman–Crippen LogP) is 6.89. The predicted molar refractivity (Wildman–Crippen MR) is 166 cm³/mol. The van der Waals surface area contributed by atoms with E-state index >= 15 is 0 Å². The van der Waals surface area contributed by atoms with Gasteiger partial charge in [-0.15, -0.1) is 0 Å². The van der Waals surface area contributed by atoms with Crippen molar-refractivity contribution in [3.05, 3.63) is 155 Å². The molecule has 5 aromatic rings. The zero-order valence-corrected chi connectivity index (χ0v) is 23.6. The second-order valence-electron chi connectivity index (χ2n) is 10.3. The van der Waals surface area contributed by atoms with E-state index in [-0.39, 0.29) is 12.3 Å². The fourth-order valence-electron chi connectivity index (χ4n) is 4.92. The van der Waals surface area contributed by atoms with Crippen LogP contribution in [0.25, 0.3) is 17.3 Å². The lowest BCUT2D eigenvalue weighted by molar-refractivity contribution is -0.138. The Morgan fingerprint density at radius 3 is 2.38 bits per heavy atom. The molecule has 5 rings (SSSR count). The lowest BCUT2D eigenvalue weighted by Gasteiger charge is -2.21. The van der Waals surface area contributed by atoms with Crippen molar-refractivity contribution in [3.8, 4) is 11.3 Å². The molecule has 6 nitrogen and oxygen atoms in total. The summed E-state index contributed by atoms with van der Waals surface area (Å²) in [5.41, 5.74) is 7.45. The van der Waals surface area contributed by atoms with Gasteiger partial charge in [-0.1, -0.05) is 96.6 Å². The molecule has 1 N–H and O–H groups in total. The fourth-order valence-corrected chi connectivity index (χ4v) is 4.92. The van der Waals surface area contributed by atoms with Gasteiger partial charge in [0.2, 0.25) is 5.78 Å². The molecule has 0 aliphatic carbocycles. The maximum Gasteiger partial charge on any atom is 0.317 e. The van der Waals surface area contributed by atoms with Crippen molar-refractivity contribution < 1.29 is 14.7 Å². The molecule has 0 saturated heterocycles. The summed E-state index contributed by atoms with van der Waals surface area (Å²) in [5.74, 6) is -0.862. The van der Waals surface area contributed by atoms with Gasteiger partial charge >= 0.3 is 5.97 Å². The highest BCUT2D eigenvalue weighted by Gasteiger charge is 2.14.